The van der Waals surface area contributed by atoms with Gasteiger partial charge in [-0.1, -0.05) is 0 Å². The van der Waals surface area contributed by atoms with E-state index in [-0.39, 0.29) is 18.2 Å². The van der Waals surface area contributed by atoms with Gasteiger partial charge < -0.3 is 10.0 Å². The third-order valence-electron chi connectivity index (χ3n) is 2.74. The van der Waals surface area contributed by atoms with E-state index in [1.807, 2.05) is 0 Å². The van der Waals surface area contributed by atoms with Gasteiger partial charge in [-0.15, -0.1) is 5.10 Å². The highest BCUT2D eigenvalue weighted by Crippen LogP contribution is 2.21. The molecule has 0 bridgehead atoms. The highest BCUT2D eigenvalue weighted by atomic mass is 16.4. The third kappa shape index (κ3) is 2.52. The van der Waals surface area contributed by atoms with Crippen LogP contribution in [0.4, 0.5) is 5.82 Å². The van der Waals surface area contributed by atoms with Crippen LogP contribution in [0.15, 0.2) is 9.59 Å². The number of nitrogens with one attached hydrogen (secondary N) is 2. The van der Waals surface area contributed by atoms with Gasteiger partial charge in [-0.3, -0.25) is 14.6 Å². The van der Waals surface area contributed by atoms with E-state index >= 15 is 0 Å². The van der Waals surface area contributed by atoms with Crippen molar-refractivity contribution in [3.05, 3.63) is 20.8 Å². The van der Waals surface area contributed by atoms with E-state index < -0.39 is 17.2 Å². The number of carboxylic acid groups (broad SMARTS) is 1. The fraction of sp³-hybridized carbons (Fsp3) is 0.556. The fourth-order valence-electron chi connectivity index (χ4n) is 1.99. The highest BCUT2D eigenvalue weighted by Gasteiger charge is 2.26. The molecule has 8 nitrogen and oxygen atoms in total. The van der Waals surface area contributed by atoms with Crippen molar-refractivity contribution in [3.63, 3.8) is 0 Å². The summed E-state index contributed by atoms with van der Waals surface area (Å²) in [5.41, 5.74) is -1.20. The molecule has 8 heteroatoms. The van der Waals surface area contributed by atoms with Crippen LogP contribution in [0, 0.1) is 5.92 Å². The zero-order valence-electron chi connectivity index (χ0n) is 8.97. The van der Waals surface area contributed by atoms with Gasteiger partial charge >= 0.3 is 11.7 Å². The van der Waals surface area contributed by atoms with Crippen molar-refractivity contribution in [2.45, 2.75) is 12.8 Å². The number of H-pyrrole nitrogens is 2. The Kier molecular flexibility index (Phi) is 2.94. The topological polar surface area (TPSA) is 119 Å². The average molecular weight is 240 g/mol. The van der Waals surface area contributed by atoms with Gasteiger partial charge in [-0.2, -0.15) is 0 Å². The first kappa shape index (κ1) is 11.4. The lowest BCUT2D eigenvalue weighted by Crippen LogP contribution is -2.33. The molecule has 1 aromatic rings. The van der Waals surface area contributed by atoms with E-state index in [1.165, 1.54) is 0 Å². The number of aromatic amines is 2. The summed E-state index contributed by atoms with van der Waals surface area (Å²) in [6.45, 7) is 1.04. The number of rotatable bonds is 3. The predicted molar refractivity (Wildman–Crippen MR) is 58.1 cm³/mol. The van der Waals surface area contributed by atoms with Gasteiger partial charge in [0.25, 0.3) is 5.56 Å². The maximum atomic E-state index is 11.5. The SMILES string of the molecule is O=C(O)CC1CCN(c2n[nH]c(=O)[nH]c2=O)C1. The van der Waals surface area contributed by atoms with E-state index in [4.69, 9.17) is 5.11 Å². The second-order valence-corrected chi connectivity index (χ2v) is 4.03. The van der Waals surface area contributed by atoms with Crippen LogP contribution in [-0.4, -0.2) is 39.3 Å². The van der Waals surface area contributed by atoms with Crippen LogP contribution in [0.25, 0.3) is 0 Å². The van der Waals surface area contributed by atoms with Crippen molar-refractivity contribution in [3.8, 4) is 0 Å². The molecular formula is C9H12N4O4. The van der Waals surface area contributed by atoms with E-state index in [2.05, 4.69) is 15.2 Å². The van der Waals surface area contributed by atoms with Crippen molar-refractivity contribution in [2.75, 3.05) is 18.0 Å². The Bertz CT molecular complexity index is 534. The highest BCUT2D eigenvalue weighted by molar-refractivity contribution is 5.67. The maximum Gasteiger partial charge on any atom is 0.342 e. The lowest BCUT2D eigenvalue weighted by Gasteiger charge is -2.14. The number of hydrogen-bond acceptors (Lipinski definition) is 5. The number of carbonyl (C=O) groups is 1. The van der Waals surface area contributed by atoms with Crippen LogP contribution in [0.1, 0.15) is 12.8 Å². The number of nitrogens with zero attached hydrogens (tertiary/aromatic N) is 2. The normalized spacial score (nSPS) is 19.5. The molecule has 1 unspecified atom stereocenters. The monoisotopic (exact) mass is 240 g/mol. The van der Waals surface area contributed by atoms with Crippen molar-refractivity contribution in [1.82, 2.24) is 15.2 Å². The van der Waals surface area contributed by atoms with Gasteiger partial charge in [0.1, 0.15) is 0 Å². The minimum Gasteiger partial charge on any atom is -0.481 e. The Morgan fingerprint density at radius 1 is 1.53 bits per heavy atom. The zero-order chi connectivity index (χ0) is 12.4. The Labute approximate surface area is 95.3 Å². The molecule has 17 heavy (non-hydrogen) atoms. The summed E-state index contributed by atoms with van der Waals surface area (Å²) in [4.78, 5) is 36.6. The van der Waals surface area contributed by atoms with Crippen molar-refractivity contribution >= 4 is 11.8 Å². The molecule has 1 aliphatic heterocycles. The summed E-state index contributed by atoms with van der Waals surface area (Å²) < 4.78 is 0. The first-order valence-corrected chi connectivity index (χ1v) is 5.22. The van der Waals surface area contributed by atoms with E-state index in [9.17, 15) is 14.4 Å². The molecule has 2 heterocycles. The molecule has 3 N–H and O–H groups in total. The van der Waals surface area contributed by atoms with E-state index in [0.29, 0.717) is 19.5 Å². The molecule has 1 atom stereocenters. The molecule has 0 amide bonds. The first-order chi connectivity index (χ1) is 8.06. The summed E-state index contributed by atoms with van der Waals surface area (Å²) in [6.07, 6.45) is 0.782. The second-order valence-electron chi connectivity index (χ2n) is 4.03. The quantitative estimate of drug-likeness (QED) is 0.608. The molecular weight excluding hydrogens is 228 g/mol. The smallest absolute Gasteiger partial charge is 0.342 e. The molecule has 1 aliphatic rings. The van der Waals surface area contributed by atoms with Gasteiger partial charge in [0, 0.05) is 19.5 Å². The number of hydrogen-bond donors (Lipinski definition) is 3. The predicted octanol–water partition coefficient (Wildman–Crippen LogP) is -1.24. The molecule has 1 aromatic heterocycles. The first-order valence-electron chi connectivity index (χ1n) is 5.22. The lowest BCUT2D eigenvalue weighted by atomic mass is 10.1. The largest absolute Gasteiger partial charge is 0.481 e. The summed E-state index contributed by atoms with van der Waals surface area (Å²) in [5.74, 6) is -0.696. The van der Waals surface area contributed by atoms with Gasteiger partial charge in [0.15, 0.2) is 0 Å². The number of carboxylic acids is 1. The summed E-state index contributed by atoms with van der Waals surface area (Å²) in [7, 11) is 0. The summed E-state index contributed by atoms with van der Waals surface area (Å²) in [5, 5.41) is 14.5. The molecule has 0 aliphatic carbocycles. The number of aliphatic carboxylic acids is 1. The van der Waals surface area contributed by atoms with Gasteiger partial charge in [-0.25, -0.2) is 9.89 Å². The van der Waals surface area contributed by atoms with Crippen LogP contribution in [0.2, 0.25) is 0 Å². The fourth-order valence-corrected chi connectivity index (χ4v) is 1.99. The minimum absolute atomic E-state index is 0.0145. The Balaban J connectivity index is 2.12. The standard InChI is InChI=1S/C9H12N4O4/c14-6(15)3-5-1-2-13(4-5)7-8(16)10-9(17)12-11-7/h5H,1-4H2,(H,14,15)(H2,10,12,16,17). The number of aromatic nitrogens is 3. The summed E-state index contributed by atoms with van der Waals surface area (Å²) in [6, 6.07) is 0. The van der Waals surface area contributed by atoms with Crippen LogP contribution in [0.5, 0.6) is 0 Å². The molecule has 92 valence electrons. The zero-order valence-corrected chi connectivity index (χ0v) is 8.97. The molecule has 1 fully saturated rings. The lowest BCUT2D eigenvalue weighted by molar-refractivity contribution is -0.137. The molecule has 0 spiro atoms. The summed E-state index contributed by atoms with van der Waals surface area (Å²) >= 11 is 0. The second kappa shape index (κ2) is 4.40. The Morgan fingerprint density at radius 2 is 2.29 bits per heavy atom. The molecule has 0 saturated carbocycles. The van der Waals surface area contributed by atoms with Crippen molar-refractivity contribution in [1.29, 1.82) is 0 Å². The molecule has 0 aromatic carbocycles. The van der Waals surface area contributed by atoms with Crippen LogP contribution in [-0.2, 0) is 4.79 Å². The van der Waals surface area contributed by atoms with Crippen molar-refractivity contribution < 1.29 is 9.90 Å². The van der Waals surface area contributed by atoms with Crippen LogP contribution >= 0.6 is 0 Å². The van der Waals surface area contributed by atoms with Crippen LogP contribution in [0.3, 0.4) is 0 Å². The molecule has 1 saturated heterocycles. The van der Waals surface area contributed by atoms with Gasteiger partial charge in [0.2, 0.25) is 5.82 Å². The molecule has 0 radical (unpaired) electrons. The van der Waals surface area contributed by atoms with Gasteiger partial charge in [0.05, 0.1) is 0 Å². The van der Waals surface area contributed by atoms with Crippen molar-refractivity contribution in [2.24, 2.45) is 5.92 Å². The number of anilines is 1. The van der Waals surface area contributed by atoms with Gasteiger partial charge in [-0.05, 0) is 12.3 Å². The van der Waals surface area contributed by atoms with E-state index in [0.717, 1.165) is 0 Å². The average Bonchev–Trinajstić information content (AvgIpc) is 2.65. The maximum absolute atomic E-state index is 11.5. The third-order valence-corrected chi connectivity index (χ3v) is 2.74. The molecule has 2 rings (SSSR count). The van der Waals surface area contributed by atoms with E-state index in [1.54, 1.807) is 4.90 Å². The van der Waals surface area contributed by atoms with Crippen LogP contribution < -0.4 is 16.1 Å². The minimum atomic E-state index is -0.847. The Hall–Kier alpha value is -2.12. The Morgan fingerprint density at radius 3 is 2.94 bits per heavy atom.